The van der Waals surface area contributed by atoms with Gasteiger partial charge in [0.15, 0.2) is 0 Å². The van der Waals surface area contributed by atoms with E-state index in [9.17, 15) is 8.42 Å². The van der Waals surface area contributed by atoms with E-state index >= 15 is 0 Å². The maximum absolute atomic E-state index is 13.0. The molecular formula is C21H22N2O4S. The van der Waals surface area contributed by atoms with Crippen LogP contribution >= 0.6 is 0 Å². The Hall–Kier alpha value is -3.03. The SMILES string of the molecule is COc1ccc(CNS(=O)(=O)c2cc(N)ccc2-c2ccccc2)c(OC)c1. The van der Waals surface area contributed by atoms with Gasteiger partial charge in [-0.3, -0.25) is 0 Å². The molecule has 28 heavy (non-hydrogen) atoms. The van der Waals surface area contributed by atoms with Gasteiger partial charge in [-0.1, -0.05) is 42.5 Å². The van der Waals surface area contributed by atoms with Crippen molar-refractivity contribution in [3.63, 3.8) is 0 Å². The van der Waals surface area contributed by atoms with Gasteiger partial charge in [0, 0.05) is 29.4 Å². The lowest BCUT2D eigenvalue weighted by Gasteiger charge is -2.14. The van der Waals surface area contributed by atoms with Crippen molar-refractivity contribution in [2.24, 2.45) is 0 Å². The van der Waals surface area contributed by atoms with Gasteiger partial charge in [0.2, 0.25) is 10.0 Å². The summed E-state index contributed by atoms with van der Waals surface area (Å²) < 4.78 is 39.2. The Balaban J connectivity index is 1.93. The molecule has 6 nitrogen and oxygen atoms in total. The van der Waals surface area contributed by atoms with Gasteiger partial charge in [-0.25, -0.2) is 13.1 Å². The second kappa shape index (κ2) is 8.33. The average molecular weight is 398 g/mol. The molecule has 0 aromatic heterocycles. The zero-order chi connectivity index (χ0) is 20.1. The number of hydrogen-bond donors (Lipinski definition) is 2. The monoisotopic (exact) mass is 398 g/mol. The van der Waals surface area contributed by atoms with Gasteiger partial charge in [0.05, 0.1) is 19.1 Å². The fourth-order valence-electron chi connectivity index (χ4n) is 2.87. The van der Waals surface area contributed by atoms with E-state index < -0.39 is 10.0 Å². The molecule has 3 N–H and O–H groups in total. The van der Waals surface area contributed by atoms with Crippen LogP contribution in [0.5, 0.6) is 11.5 Å². The van der Waals surface area contributed by atoms with Crippen molar-refractivity contribution in [1.29, 1.82) is 0 Å². The lowest BCUT2D eigenvalue weighted by molar-refractivity contribution is 0.390. The molecule has 0 fully saturated rings. The van der Waals surface area contributed by atoms with Crippen LogP contribution in [0.15, 0.2) is 71.6 Å². The Bertz CT molecular complexity index is 1070. The van der Waals surface area contributed by atoms with Crippen molar-refractivity contribution >= 4 is 15.7 Å². The Morgan fingerprint density at radius 2 is 1.68 bits per heavy atom. The fraction of sp³-hybridized carbons (Fsp3) is 0.143. The standard InChI is InChI=1S/C21H22N2O4S/c1-26-18-10-8-16(20(13-18)27-2)14-23-28(24,25)21-12-17(22)9-11-19(21)15-6-4-3-5-7-15/h3-13,23H,14,22H2,1-2H3. The number of hydrogen-bond acceptors (Lipinski definition) is 5. The number of methoxy groups -OCH3 is 2. The average Bonchev–Trinajstić information content (AvgIpc) is 2.72. The molecule has 3 aromatic carbocycles. The minimum absolute atomic E-state index is 0.0680. The molecule has 0 aliphatic heterocycles. The number of rotatable bonds is 7. The highest BCUT2D eigenvalue weighted by Gasteiger charge is 2.20. The number of nitrogen functional groups attached to an aromatic ring is 1. The van der Waals surface area contributed by atoms with E-state index in [1.165, 1.54) is 13.2 Å². The van der Waals surface area contributed by atoms with Crippen molar-refractivity contribution in [3.8, 4) is 22.6 Å². The normalized spacial score (nSPS) is 11.2. The van der Waals surface area contributed by atoms with Gasteiger partial charge in [-0.05, 0) is 23.8 Å². The number of sulfonamides is 1. The van der Waals surface area contributed by atoms with Gasteiger partial charge in [0.25, 0.3) is 0 Å². The van der Waals surface area contributed by atoms with Gasteiger partial charge in [0.1, 0.15) is 11.5 Å². The third-order valence-corrected chi connectivity index (χ3v) is 5.77. The predicted octanol–water partition coefficient (Wildman–Crippen LogP) is 3.43. The van der Waals surface area contributed by atoms with Gasteiger partial charge >= 0.3 is 0 Å². The highest BCUT2D eigenvalue weighted by Crippen LogP contribution is 2.30. The van der Waals surface area contributed by atoms with Crippen molar-refractivity contribution < 1.29 is 17.9 Å². The van der Waals surface area contributed by atoms with Crippen LogP contribution in [-0.2, 0) is 16.6 Å². The number of anilines is 1. The Labute approximate surface area is 165 Å². The molecule has 0 unspecified atom stereocenters. The molecule has 0 heterocycles. The number of benzene rings is 3. The van der Waals surface area contributed by atoms with Crippen molar-refractivity contribution in [2.75, 3.05) is 20.0 Å². The van der Waals surface area contributed by atoms with E-state index in [1.54, 1.807) is 37.4 Å². The van der Waals surface area contributed by atoms with E-state index in [2.05, 4.69) is 4.72 Å². The fourth-order valence-corrected chi connectivity index (χ4v) is 4.13. The molecular weight excluding hydrogens is 376 g/mol. The minimum Gasteiger partial charge on any atom is -0.497 e. The molecule has 0 spiro atoms. The lowest BCUT2D eigenvalue weighted by Crippen LogP contribution is -2.24. The Kier molecular flexibility index (Phi) is 5.87. The molecule has 0 radical (unpaired) electrons. The summed E-state index contributed by atoms with van der Waals surface area (Å²) >= 11 is 0. The zero-order valence-corrected chi connectivity index (χ0v) is 16.5. The topological polar surface area (TPSA) is 90.7 Å². The Morgan fingerprint density at radius 1 is 0.929 bits per heavy atom. The van der Waals surface area contributed by atoms with E-state index in [4.69, 9.17) is 15.2 Å². The maximum Gasteiger partial charge on any atom is 0.241 e. The number of nitrogens with two attached hydrogens (primary N) is 1. The van der Waals surface area contributed by atoms with Crippen molar-refractivity contribution in [3.05, 3.63) is 72.3 Å². The lowest BCUT2D eigenvalue weighted by atomic mass is 10.1. The van der Waals surface area contributed by atoms with E-state index in [0.717, 1.165) is 5.56 Å². The summed E-state index contributed by atoms with van der Waals surface area (Å²) in [5.41, 5.74) is 8.31. The number of nitrogens with one attached hydrogen (secondary N) is 1. The maximum atomic E-state index is 13.0. The summed E-state index contributed by atoms with van der Waals surface area (Å²) in [5.74, 6) is 1.17. The molecule has 0 atom stereocenters. The first-order chi connectivity index (χ1) is 13.4. The molecule has 0 saturated carbocycles. The first kappa shape index (κ1) is 19.7. The van der Waals surface area contributed by atoms with Crippen LogP contribution in [0.3, 0.4) is 0 Å². The first-order valence-electron chi connectivity index (χ1n) is 8.60. The Morgan fingerprint density at radius 3 is 2.36 bits per heavy atom. The van der Waals surface area contributed by atoms with Crippen molar-refractivity contribution in [1.82, 2.24) is 4.72 Å². The highest BCUT2D eigenvalue weighted by atomic mass is 32.2. The van der Waals surface area contributed by atoms with Gasteiger partial charge in [-0.2, -0.15) is 0 Å². The van der Waals surface area contributed by atoms with E-state index in [1.807, 2.05) is 30.3 Å². The van der Waals surface area contributed by atoms with Crippen LogP contribution < -0.4 is 19.9 Å². The summed E-state index contributed by atoms with van der Waals surface area (Å²) in [6, 6.07) is 19.4. The molecule has 7 heteroatoms. The van der Waals surface area contributed by atoms with Crippen molar-refractivity contribution in [2.45, 2.75) is 11.4 Å². The molecule has 0 amide bonds. The van der Waals surface area contributed by atoms with Crippen LogP contribution in [0.2, 0.25) is 0 Å². The molecule has 3 aromatic rings. The molecule has 0 bridgehead atoms. The molecule has 0 saturated heterocycles. The molecule has 0 aliphatic rings. The zero-order valence-electron chi connectivity index (χ0n) is 15.7. The summed E-state index contributed by atoms with van der Waals surface area (Å²) in [5, 5.41) is 0. The third kappa shape index (κ3) is 4.27. The summed E-state index contributed by atoms with van der Waals surface area (Å²) in [4.78, 5) is 0.131. The number of ether oxygens (including phenoxy) is 2. The minimum atomic E-state index is -3.82. The third-order valence-electron chi connectivity index (χ3n) is 4.33. The summed E-state index contributed by atoms with van der Waals surface area (Å²) in [6.07, 6.45) is 0. The van der Waals surface area contributed by atoms with Gasteiger partial charge < -0.3 is 15.2 Å². The highest BCUT2D eigenvalue weighted by molar-refractivity contribution is 7.89. The molecule has 0 aliphatic carbocycles. The molecule has 146 valence electrons. The van der Waals surface area contributed by atoms with Gasteiger partial charge in [-0.15, -0.1) is 0 Å². The van der Waals surface area contributed by atoms with Crippen LogP contribution in [0, 0.1) is 0 Å². The summed E-state index contributed by atoms with van der Waals surface area (Å²) in [6.45, 7) is 0.0680. The van der Waals surface area contributed by atoms with E-state index in [-0.39, 0.29) is 11.4 Å². The second-order valence-corrected chi connectivity index (χ2v) is 7.86. The second-order valence-electron chi connectivity index (χ2n) is 6.12. The smallest absolute Gasteiger partial charge is 0.241 e. The van der Waals surface area contributed by atoms with Crippen LogP contribution in [-0.4, -0.2) is 22.6 Å². The van der Waals surface area contributed by atoms with E-state index in [0.29, 0.717) is 28.3 Å². The van der Waals surface area contributed by atoms with Crippen LogP contribution in [0.4, 0.5) is 5.69 Å². The quantitative estimate of drug-likeness (QED) is 0.595. The van der Waals surface area contributed by atoms with Crippen LogP contribution in [0.1, 0.15) is 5.56 Å². The first-order valence-corrected chi connectivity index (χ1v) is 10.1. The molecule has 3 rings (SSSR count). The van der Waals surface area contributed by atoms with Crippen LogP contribution in [0.25, 0.3) is 11.1 Å². The largest absolute Gasteiger partial charge is 0.497 e. The predicted molar refractivity (Wildman–Crippen MR) is 110 cm³/mol. The summed E-state index contributed by atoms with van der Waals surface area (Å²) in [7, 11) is -0.734.